The number of aliphatic hydroxyl groups is 2. The quantitative estimate of drug-likeness (QED) is 0.617. The van der Waals surface area contributed by atoms with E-state index in [4.69, 9.17) is 0 Å². The third-order valence-electron chi connectivity index (χ3n) is 2.98. The van der Waals surface area contributed by atoms with Gasteiger partial charge in [-0.3, -0.25) is 10.1 Å². The summed E-state index contributed by atoms with van der Waals surface area (Å²) in [6.45, 7) is 7.58. The molecule has 1 rings (SSSR count). The number of aliphatic hydroxyl groups excluding tert-OH is 1. The molecule has 0 heterocycles. The molecule has 0 radical (unpaired) electrons. The molecule has 20 heavy (non-hydrogen) atoms. The van der Waals surface area contributed by atoms with Crippen LogP contribution in [0.3, 0.4) is 0 Å². The van der Waals surface area contributed by atoms with Crippen molar-refractivity contribution in [2.45, 2.75) is 39.4 Å². The Morgan fingerprint density at radius 1 is 1.45 bits per heavy atom. The van der Waals surface area contributed by atoms with Crippen molar-refractivity contribution in [3.05, 3.63) is 33.9 Å². The van der Waals surface area contributed by atoms with Gasteiger partial charge in [0.25, 0.3) is 5.69 Å². The molecule has 1 aromatic carbocycles. The molecule has 0 saturated carbocycles. The molecule has 0 fully saturated rings. The predicted molar refractivity (Wildman–Crippen MR) is 77.9 cm³/mol. The molecule has 0 aliphatic heterocycles. The maximum atomic E-state index is 11.2. The molecule has 0 bridgehead atoms. The molecule has 0 unspecified atom stereocenters. The summed E-state index contributed by atoms with van der Waals surface area (Å²) in [5.74, 6) is 0. The van der Waals surface area contributed by atoms with Crippen molar-refractivity contribution in [2.75, 3.05) is 18.0 Å². The second-order valence-electron chi connectivity index (χ2n) is 5.51. The standard InChI is InChI=1S/C14H22N2O4/c1-5-15(9-14(3,4)18)12-7-6-11(10(2)17)8-13(12)16(19)20/h6-8,10,17-18H,5,9H2,1-4H3/t10-/m0/s1. The highest BCUT2D eigenvalue weighted by Crippen LogP contribution is 2.31. The topological polar surface area (TPSA) is 86.8 Å². The third kappa shape index (κ3) is 4.18. The number of rotatable bonds is 6. The number of likely N-dealkylation sites (N-methyl/N-ethyl adjacent to an activating group) is 1. The van der Waals surface area contributed by atoms with Crippen molar-refractivity contribution in [3.8, 4) is 0 Å². The molecule has 0 aliphatic carbocycles. The Bertz CT molecular complexity index is 481. The molecule has 6 heteroatoms. The SMILES string of the molecule is CCN(CC(C)(C)O)c1ccc([C@H](C)O)cc1[N+](=O)[O-]. The Labute approximate surface area is 118 Å². The summed E-state index contributed by atoms with van der Waals surface area (Å²) in [5.41, 5.74) is -0.0643. The largest absolute Gasteiger partial charge is 0.389 e. The van der Waals surface area contributed by atoms with Crippen LogP contribution < -0.4 is 4.90 Å². The van der Waals surface area contributed by atoms with E-state index in [1.165, 1.54) is 6.07 Å². The van der Waals surface area contributed by atoms with E-state index in [2.05, 4.69) is 0 Å². The first-order valence-corrected chi connectivity index (χ1v) is 6.59. The third-order valence-corrected chi connectivity index (χ3v) is 2.98. The molecular formula is C14H22N2O4. The summed E-state index contributed by atoms with van der Waals surface area (Å²) in [5, 5.41) is 30.6. The van der Waals surface area contributed by atoms with Crippen LogP contribution in [0.15, 0.2) is 18.2 Å². The number of anilines is 1. The van der Waals surface area contributed by atoms with E-state index in [-0.39, 0.29) is 5.69 Å². The molecule has 0 saturated heterocycles. The summed E-state index contributed by atoms with van der Waals surface area (Å²) in [7, 11) is 0. The minimum absolute atomic E-state index is 0.0606. The van der Waals surface area contributed by atoms with Crippen LogP contribution in [0.5, 0.6) is 0 Å². The summed E-state index contributed by atoms with van der Waals surface area (Å²) < 4.78 is 0. The van der Waals surface area contributed by atoms with Crippen molar-refractivity contribution in [3.63, 3.8) is 0 Å². The molecular weight excluding hydrogens is 260 g/mol. The lowest BCUT2D eigenvalue weighted by Crippen LogP contribution is -2.38. The van der Waals surface area contributed by atoms with E-state index in [0.29, 0.717) is 24.3 Å². The lowest BCUT2D eigenvalue weighted by molar-refractivity contribution is -0.384. The van der Waals surface area contributed by atoms with Gasteiger partial charge in [-0.2, -0.15) is 0 Å². The first kappa shape index (κ1) is 16.4. The molecule has 6 nitrogen and oxygen atoms in total. The average molecular weight is 282 g/mol. The Morgan fingerprint density at radius 3 is 2.45 bits per heavy atom. The fourth-order valence-electron chi connectivity index (χ4n) is 2.05. The minimum Gasteiger partial charge on any atom is -0.389 e. The molecule has 0 aromatic heterocycles. The number of hydrogen-bond acceptors (Lipinski definition) is 5. The molecule has 112 valence electrons. The van der Waals surface area contributed by atoms with Crippen molar-refractivity contribution < 1.29 is 15.1 Å². The number of nitro groups is 1. The fourth-order valence-corrected chi connectivity index (χ4v) is 2.05. The maximum absolute atomic E-state index is 11.2. The smallest absolute Gasteiger partial charge is 0.292 e. The van der Waals surface area contributed by atoms with E-state index in [9.17, 15) is 20.3 Å². The van der Waals surface area contributed by atoms with Gasteiger partial charge in [-0.25, -0.2) is 0 Å². The van der Waals surface area contributed by atoms with Gasteiger partial charge in [-0.05, 0) is 39.3 Å². The first-order valence-electron chi connectivity index (χ1n) is 6.59. The lowest BCUT2D eigenvalue weighted by Gasteiger charge is -2.29. The highest BCUT2D eigenvalue weighted by atomic mass is 16.6. The Hall–Kier alpha value is -1.66. The van der Waals surface area contributed by atoms with Crippen molar-refractivity contribution >= 4 is 11.4 Å². The van der Waals surface area contributed by atoms with Crippen LogP contribution in [0, 0.1) is 10.1 Å². The van der Waals surface area contributed by atoms with Crippen LogP contribution in [-0.2, 0) is 0 Å². The fraction of sp³-hybridized carbons (Fsp3) is 0.571. The van der Waals surface area contributed by atoms with Crippen LogP contribution in [0.4, 0.5) is 11.4 Å². The Morgan fingerprint density at radius 2 is 2.05 bits per heavy atom. The number of nitrogens with zero attached hydrogens (tertiary/aromatic N) is 2. The van der Waals surface area contributed by atoms with Gasteiger partial charge in [0.05, 0.1) is 16.6 Å². The molecule has 1 atom stereocenters. The monoisotopic (exact) mass is 282 g/mol. The van der Waals surface area contributed by atoms with E-state index in [1.807, 2.05) is 6.92 Å². The highest BCUT2D eigenvalue weighted by molar-refractivity contribution is 5.64. The highest BCUT2D eigenvalue weighted by Gasteiger charge is 2.24. The summed E-state index contributed by atoms with van der Waals surface area (Å²) in [6.07, 6.45) is -0.757. The van der Waals surface area contributed by atoms with Crippen molar-refractivity contribution in [1.29, 1.82) is 0 Å². The molecule has 0 amide bonds. The summed E-state index contributed by atoms with van der Waals surface area (Å²) in [4.78, 5) is 12.5. The van der Waals surface area contributed by atoms with Gasteiger partial charge in [0, 0.05) is 19.2 Å². The van der Waals surface area contributed by atoms with Gasteiger partial charge < -0.3 is 15.1 Å². The van der Waals surface area contributed by atoms with E-state index in [0.717, 1.165) is 0 Å². The van der Waals surface area contributed by atoms with Crippen molar-refractivity contribution in [2.24, 2.45) is 0 Å². The normalized spacial score (nSPS) is 13.1. The van der Waals surface area contributed by atoms with Crippen molar-refractivity contribution in [1.82, 2.24) is 0 Å². The van der Waals surface area contributed by atoms with Gasteiger partial charge in [-0.1, -0.05) is 6.07 Å². The number of nitro benzene ring substituents is 1. The molecule has 2 N–H and O–H groups in total. The van der Waals surface area contributed by atoms with Gasteiger partial charge >= 0.3 is 0 Å². The Balaban J connectivity index is 3.24. The zero-order valence-electron chi connectivity index (χ0n) is 12.3. The number of benzene rings is 1. The number of hydrogen-bond donors (Lipinski definition) is 2. The Kier molecular flexibility index (Phi) is 5.08. The predicted octanol–water partition coefficient (Wildman–Crippen LogP) is 2.25. The van der Waals surface area contributed by atoms with E-state index in [1.54, 1.807) is 37.8 Å². The minimum atomic E-state index is -0.952. The maximum Gasteiger partial charge on any atom is 0.292 e. The van der Waals surface area contributed by atoms with Crippen LogP contribution >= 0.6 is 0 Å². The second-order valence-corrected chi connectivity index (χ2v) is 5.51. The van der Waals surface area contributed by atoms with Gasteiger partial charge in [-0.15, -0.1) is 0 Å². The van der Waals surface area contributed by atoms with Crippen LogP contribution in [-0.4, -0.2) is 33.8 Å². The van der Waals surface area contributed by atoms with Crippen LogP contribution in [0.2, 0.25) is 0 Å². The van der Waals surface area contributed by atoms with E-state index >= 15 is 0 Å². The van der Waals surface area contributed by atoms with Crippen LogP contribution in [0.1, 0.15) is 39.4 Å². The van der Waals surface area contributed by atoms with Gasteiger partial charge in [0.1, 0.15) is 5.69 Å². The van der Waals surface area contributed by atoms with E-state index < -0.39 is 16.6 Å². The summed E-state index contributed by atoms with van der Waals surface area (Å²) >= 11 is 0. The van der Waals surface area contributed by atoms with Gasteiger partial charge in [0.2, 0.25) is 0 Å². The summed E-state index contributed by atoms with van der Waals surface area (Å²) in [6, 6.07) is 4.67. The zero-order valence-corrected chi connectivity index (χ0v) is 12.3. The van der Waals surface area contributed by atoms with Gasteiger partial charge in [0.15, 0.2) is 0 Å². The zero-order chi connectivity index (χ0) is 15.5. The average Bonchev–Trinajstić information content (AvgIpc) is 2.34. The van der Waals surface area contributed by atoms with Crippen LogP contribution in [0.25, 0.3) is 0 Å². The molecule has 1 aromatic rings. The molecule has 0 aliphatic rings. The first-order chi connectivity index (χ1) is 9.15. The second kappa shape index (κ2) is 6.19. The lowest BCUT2D eigenvalue weighted by atomic mass is 10.1. The molecule has 0 spiro atoms.